The lowest BCUT2D eigenvalue weighted by Crippen LogP contribution is -2.34. The Labute approximate surface area is 122 Å². The van der Waals surface area contributed by atoms with Crippen LogP contribution in [0.2, 0.25) is 5.02 Å². The third-order valence-corrected chi connectivity index (χ3v) is 3.26. The molecule has 7 heteroatoms. The number of nitro groups is 1. The Kier molecular flexibility index (Phi) is 5.91. The molecule has 0 heterocycles. The van der Waals surface area contributed by atoms with Crippen LogP contribution in [-0.4, -0.2) is 36.4 Å². The molecule has 1 unspecified atom stereocenters. The molecule has 1 amide bonds. The minimum Gasteiger partial charge on any atom is -0.359 e. The van der Waals surface area contributed by atoms with E-state index in [4.69, 9.17) is 11.6 Å². The van der Waals surface area contributed by atoms with E-state index in [9.17, 15) is 14.9 Å². The number of carbonyl (C=O) groups excluding carboxylic acids is 1. The molecule has 0 saturated heterocycles. The summed E-state index contributed by atoms with van der Waals surface area (Å²) in [6.07, 6.45) is 0. The van der Waals surface area contributed by atoms with Crippen molar-refractivity contribution in [3.63, 3.8) is 0 Å². The summed E-state index contributed by atoms with van der Waals surface area (Å²) in [5, 5.41) is 13.5. The zero-order valence-electron chi connectivity index (χ0n) is 11.7. The van der Waals surface area contributed by atoms with Gasteiger partial charge in [0.15, 0.2) is 0 Å². The molecule has 0 aliphatic carbocycles. The topological polar surface area (TPSA) is 75.5 Å². The zero-order valence-corrected chi connectivity index (χ0v) is 12.5. The Balaban J connectivity index is 2.71. The van der Waals surface area contributed by atoms with Crippen LogP contribution in [0, 0.1) is 16.0 Å². The van der Waals surface area contributed by atoms with Crippen LogP contribution in [0.5, 0.6) is 0 Å². The fraction of sp³-hybridized carbons (Fsp3) is 0.462. The molecule has 1 atom stereocenters. The fourth-order valence-corrected chi connectivity index (χ4v) is 2.16. The minimum absolute atomic E-state index is 0.0288. The van der Waals surface area contributed by atoms with Crippen LogP contribution in [0.15, 0.2) is 18.2 Å². The van der Waals surface area contributed by atoms with Crippen molar-refractivity contribution in [3.05, 3.63) is 38.9 Å². The van der Waals surface area contributed by atoms with Crippen molar-refractivity contribution in [3.8, 4) is 0 Å². The summed E-state index contributed by atoms with van der Waals surface area (Å²) in [4.78, 5) is 23.7. The van der Waals surface area contributed by atoms with Gasteiger partial charge in [0.2, 0.25) is 5.91 Å². The highest BCUT2D eigenvalue weighted by atomic mass is 35.5. The van der Waals surface area contributed by atoms with E-state index in [0.29, 0.717) is 13.1 Å². The molecule has 1 N–H and O–H groups in total. The first-order valence-electron chi connectivity index (χ1n) is 6.18. The Morgan fingerprint density at radius 1 is 1.55 bits per heavy atom. The molecule has 110 valence electrons. The first-order chi connectivity index (χ1) is 9.35. The van der Waals surface area contributed by atoms with Gasteiger partial charge in [0.1, 0.15) is 5.02 Å². The van der Waals surface area contributed by atoms with Gasteiger partial charge >= 0.3 is 0 Å². The van der Waals surface area contributed by atoms with Gasteiger partial charge in [-0.1, -0.05) is 24.6 Å². The van der Waals surface area contributed by atoms with Crippen LogP contribution >= 0.6 is 11.6 Å². The molecule has 0 bridgehead atoms. The van der Waals surface area contributed by atoms with Gasteiger partial charge in [0, 0.05) is 32.1 Å². The maximum atomic E-state index is 11.4. The van der Waals surface area contributed by atoms with E-state index >= 15 is 0 Å². The summed E-state index contributed by atoms with van der Waals surface area (Å²) in [7, 11) is 3.46. The fourth-order valence-electron chi connectivity index (χ4n) is 1.97. The monoisotopic (exact) mass is 299 g/mol. The minimum atomic E-state index is -0.501. The number of amides is 1. The van der Waals surface area contributed by atoms with E-state index in [1.807, 2.05) is 18.9 Å². The van der Waals surface area contributed by atoms with Crippen LogP contribution < -0.4 is 5.32 Å². The highest BCUT2D eigenvalue weighted by Gasteiger charge is 2.16. The second-order valence-electron chi connectivity index (χ2n) is 4.75. The van der Waals surface area contributed by atoms with Crippen LogP contribution in [0.1, 0.15) is 12.5 Å². The van der Waals surface area contributed by atoms with E-state index in [0.717, 1.165) is 5.56 Å². The number of hydrogen-bond donors (Lipinski definition) is 1. The van der Waals surface area contributed by atoms with E-state index in [1.54, 1.807) is 13.1 Å². The molecular formula is C13H18ClN3O3. The predicted octanol–water partition coefficient (Wildman–Crippen LogP) is 2.06. The Morgan fingerprint density at radius 2 is 2.20 bits per heavy atom. The molecule has 1 aromatic rings. The van der Waals surface area contributed by atoms with Gasteiger partial charge < -0.3 is 10.2 Å². The number of nitrogens with zero attached hydrogens (tertiary/aromatic N) is 2. The van der Waals surface area contributed by atoms with Crippen LogP contribution in [0.3, 0.4) is 0 Å². The second-order valence-corrected chi connectivity index (χ2v) is 5.16. The smallest absolute Gasteiger partial charge is 0.288 e. The SMILES string of the molecule is CNC(=O)C(C)CN(C)Cc1ccc(Cl)c([N+](=O)[O-])c1. The molecule has 6 nitrogen and oxygen atoms in total. The molecule has 0 saturated carbocycles. The van der Waals surface area contributed by atoms with Crippen molar-refractivity contribution in [1.29, 1.82) is 0 Å². The molecule has 1 aromatic carbocycles. The molecule has 0 fully saturated rings. The van der Waals surface area contributed by atoms with Gasteiger partial charge in [-0.3, -0.25) is 14.9 Å². The molecule has 0 aliphatic rings. The number of benzene rings is 1. The zero-order chi connectivity index (χ0) is 15.3. The number of hydrogen-bond acceptors (Lipinski definition) is 4. The summed E-state index contributed by atoms with van der Waals surface area (Å²) < 4.78 is 0. The largest absolute Gasteiger partial charge is 0.359 e. The summed E-state index contributed by atoms with van der Waals surface area (Å²) in [6.45, 7) is 2.91. The summed E-state index contributed by atoms with van der Waals surface area (Å²) in [5.74, 6) is -0.175. The van der Waals surface area contributed by atoms with E-state index < -0.39 is 4.92 Å². The van der Waals surface area contributed by atoms with Gasteiger partial charge in [-0.2, -0.15) is 0 Å². The number of rotatable bonds is 6. The van der Waals surface area contributed by atoms with Crippen LogP contribution in [0.4, 0.5) is 5.69 Å². The van der Waals surface area contributed by atoms with Crippen molar-refractivity contribution in [2.45, 2.75) is 13.5 Å². The molecule has 0 aromatic heterocycles. The van der Waals surface area contributed by atoms with Gasteiger partial charge in [0.05, 0.1) is 4.92 Å². The van der Waals surface area contributed by atoms with Crippen molar-refractivity contribution < 1.29 is 9.72 Å². The highest BCUT2D eigenvalue weighted by Crippen LogP contribution is 2.25. The first-order valence-corrected chi connectivity index (χ1v) is 6.56. The molecule has 0 spiro atoms. The number of nitrogens with one attached hydrogen (secondary N) is 1. The molecule has 1 rings (SSSR count). The maximum absolute atomic E-state index is 11.4. The molecule has 0 aliphatic heterocycles. The lowest BCUT2D eigenvalue weighted by molar-refractivity contribution is -0.384. The van der Waals surface area contributed by atoms with E-state index in [2.05, 4.69) is 5.32 Å². The normalized spacial score (nSPS) is 12.2. The van der Waals surface area contributed by atoms with Crippen molar-refractivity contribution in [1.82, 2.24) is 10.2 Å². The Bertz CT molecular complexity index is 508. The third kappa shape index (κ3) is 4.47. The molecule has 20 heavy (non-hydrogen) atoms. The van der Waals surface area contributed by atoms with Gasteiger partial charge in [-0.15, -0.1) is 0 Å². The van der Waals surface area contributed by atoms with Gasteiger partial charge in [-0.05, 0) is 18.7 Å². The standard InChI is InChI=1S/C13H18ClN3O3/c1-9(13(18)15-2)7-16(3)8-10-4-5-11(14)12(6-10)17(19)20/h4-6,9H,7-8H2,1-3H3,(H,15,18). The van der Waals surface area contributed by atoms with Gasteiger partial charge in [-0.25, -0.2) is 0 Å². The Morgan fingerprint density at radius 3 is 2.75 bits per heavy atom. The second kappa shape index (κ2) is 7.21. The molecule has 0 radical (unpaired) electrons. The van der Waals surface area contributed by atoms with Crippen LogP contribution in [0.25, 0.3) is 0 Å². The average molecular weight is 300 g/mol. The predicted molar refractivity (Wildman–Crippen MR) is 77.7 cm³/mol. The number of nitro benzene ring substituents is 1. The lowest BCUT2D eigenvalue weighted by Gasteiger charge is -2.20. The van der Waals surface area contributed by atoms with Crippen molar-refractivity contribution in [2.24, 2.45) is 5.92 Å². The highest BCUT2D eigenvalue weighted by molar-refractivity contribution is 6.32. The summed E-state index contributed by atoms with van der Waals surface area (Å²) >= 11 is 5.76. The summed E-state index contributed by atoms with van der Waals surface area (Å²) in [5.41, 5.74) is 0.685. The first kappa shape index (κ1) is 16.4. The van der Waals surface area contributed by atoms with Crippen LogP contribution in [-0.2, 0) is 11.3 Å². The lowest BCUT2D eigenvalue weighted by atomic mass is 10.1. The third-order valence-electron chi connectivity index (χ3n) is 2.94. The quantitative estimate of drug-likeness (QED) is 0.644. The number of halogens is 1. The Hall–Kier alpha value is -1.66. The molecular weight excluding hydrogens is 282 g/mol. The maximum Gasteiger partial charge on any atom is 0.288 e. The summed E-state index contributed by atoms with van der Waals surface area (Å²) in [6, 6.07) is 4.73. The van der Waals surface area contributed by atoms with E-state index in [1.165, 1.54) is 12.1 Å². The van der Waals surface area contributed by atoms with E-state index in [-0.39, 0.29) is 22.5 Å². The van der Waals surface area contributed by atoms with Crippen molar-refractivity contribution >= 4 is 23.2 Å². The van der Waals surface area contributed by atoms with Crippen molar-refractivity contribution in [2.75, 3.05) is 20.6 Å². The average Bonchev–Trinajstić information content (AvgIpc) is 2.39. The van der Waals surface area contributed by atoms with Gasteiger partial charge in [0.25, 0.3) is 5.69 Å². The number of carbonyl (C=O) groups is 1.